The van der Waals surface area contributed by atoms with Crippen molar-refractivity contribution in [2.75, 3.05) is 13.1 Å². The Morgan fingerprint density at radius 3 is 2.32 bits per heavy atom. The molecule has 3 atom stereocenters. The van der Waals surface area contributed by atoms with Gasteiger partial charge in [-0.2, -0.15) is 0 Å². The molecule has 2 bridgehead atoms. The molecule has 4 aliphatic rings. The summed E-state index contributed by atoms with van der Waals surface area (Å²) < 4.78 is 28.8. The third-order valence-corrected chi connectivity index (χ3v) is 8.56. The van der Waals surface area contributed by atoms with Crippen LogP contribution in [0.25, 0.3) is 0 Å². The maximum absolute atomic E-state index is 12.9. The number of sulfonamides is 1. The zero-order valence-electron chi connectivity index (χ0n) is 15.0. The largest absolute Gasteiger partial charge is 0.341 e. The van der Waals surface area contributed by atoms with Gasteiger partial charge in [0.25, 0.3) is 0 Å². The van der Waals surface area contributed by atoms with Crippen molar-refractivity contribution in [3.05, 3.63) is 0 Å². The second-order valence-electron chi connectivity index (χ2n) is 8.50. The van der Waals surface area contributed by atoms with Crippen LogP contribution < -0.4 is 10.0 Å². The van der Waals surface area contributed by atoms with Crippen LogP contribution in [0.4, 0.5) is 0 Å². The molecule has 0 aromatic rings. The molecule has 6 nitrogen and oxygen atoms in total. The first-order valence-electron chi connectivity index (χ1n) is 10.1. The average molecular weight is 370 g/mol. The molecule has 4 fully saturated rings. The lowest BCUT2D eigenvalue weighted by molar-refractivity contribution is -0.136. The first-order chi connectivity index (χ1) is 12.0. The van der Waals surface area contributed by atoms with Crippen molar-refractivity contribution < 1.29 is 13.2 Å². The molecule has 0 spiro atoms. The van der Waals surface area contributed by atoms with E-state index in [-0.39, 0.29) is 17.9 Å². The molecule has 2 N–H and O–H groups in total. The van der Waals surface area contributed by atoms with Gasteiger partial charge in [-0.05, 0) is 51.4 Å². The zero-order chi connectivity index (χ0) is 17.4. The molecule has 0 radical (unpaired) electrons. The number of piperidine rings is 2. The first-order valence-corrected chi connectivity index (χ1v) is 11.6. The molecule has 25 heavy (non-hydrogen) atoms. The van der Waals surface area contributed by atoms with Crippen molar-refractivity contribution in [2.24, 2.45) is 5.92 Å². The lowest BCUT2D eigenvalue weighted by Crippen LogP contribution is -2.53. The number of likely N-dealkylation sites (tertiary alicyclic amines) is 1. The van der Waals surface area contributed by atoms with Crippen molar-refractivity contribution in [2.45, 2.75) is 87.6 Å². The predicted octanol–water partition coefficient (Wildman–Crippen LogP) is 1.37. The van der Waals surface area contributed by atoms with E-state index in [0.29, 0.717) is 25.0 Å². The Morgan fingerprint density at radius 2 is 1.64 bits per heavy atom. The number of rotatable bonds is 4. The van der Waals surface area contributed by atoms with Gasteiger partial charge < -0.3 is 10.2 Å². The number of hydrogen-bond donors (Lipinski definition) is 2. The van der Waals surface area contributed by atoms with Crippen molar-refractivity contribution in [3.8, 4) is 0 Å². The highest BCUT2D eigenvalue weighted by Crippen LogP contribution is 2.30. The van der Waals surface area contributed by atoms with Gasteiger partial charge in [0, 0.05) is 37.1 Å². The molecule has 3 saturated heterocycles. The summed E-state index contributed by atoms with van der Waals surface area (Å²) in [5.74, 6) is 0.326. The average Bonchev–Trinajstić information content (AvgIpc) is 3.24. The Morgan fingerprint density at radius 1 is 0.960 bits per heavy atom. The summed E-state index contributed by atoms with van der Waals surface area (Å²) in [5, 5.41) is 3.11. The minimum atomic E-state index is -3.36. The number of nitrogens with zero attached hydrogens (tertiary/aromatic N) is 1. The van der Waals surface area contributed by atoms with E-state index in [2.05, 4.69) is 10.0 Å². The van der Waals surface area contributed by atoms with E-state index in [4.69, 9.17) is 0 Å². The highest BCUT2D eigenvalue weighted by atomic mass is 32.2. The molecule has 1 saturated carbocycles. The number of hydrogen-bond acceptors (Lipinski definition) is 4. The Hall–Kier alpha value is -0.660. The van der Waals surface area contributed by atoms with Crippen LogP contribution in [0.2, 0.25) is 0 Å². The smallest absolute Gasteiger partial charge is 0.225 e. The standard InChI is InChI=1S/C18H31N3O3S/c22-18(13-4-1-2-5-13)21-9-3-6-17(12-21)25(23,24)20-16-10-14-7-8-15(11-16)19-14/h13-17,19-20H,1-12H2. The minimum absolute atomic E-state index is 0.0599. The first kappa shape index (κ1) is 17.7. The summed E-state index contributed by atoms with van der Waals surface area (Å²) in [6.07, 6.45) is 9.79. The zero-order valence-corrected chi connectivity index (χ0v) is 15.8. The lowest BCUT2D eigenvalue weighted by Gasteiger charge is -2.36. The van der Waals surface area contributed by atoms with Crippen LogP contribution in [0.15, 0.2) is 0 Å². The Kier molecular flexibility index (Phi) is 5.08. The van der Waals surface area contributed by atoms with E-state index in [1.54, 1.807) is 0 Å². The number of nitrogens with one attached hydrogen (secondary N) is 2. The van der Waals surface area contributed by atoms with E-state index in [1.807, 2.05) is 4.90 Å². The minimum Gasteiger partial charge on any atom is -0.341 e. The molecule has 142 valence electrons. The van der Waals surface area contributed by atoms with Gasteiger partial charge in [-0.3, -0.25) is 4.79 Å². The Balaban J connectivity index is 1.37. The van der Waals surface area contributed by atoms with E-state index in [9.17, 15) is 13.2 Å². The molecule has 7 heteroatoms. The van der Waals surface area contributed by atoms with Crippen molar-refractivity contribution in [1.29, 1.82) is 0 Å². The summed E-state index contributed by atoms with van der Waals surface area (Å²) >= 11 is 0. The van der Waals surface area contributed by atoms with Crippen molar-refractivity contribution in [3.63, 3.8) is 0 Å². The molecule has 3 unspecified atom stereocenters. The van der Waals surface area contributed by atoms with Crippen LogP contribution >= 0.6 is 0 Å². The van der Waals surface area contributed by atoms with E-state index >= 15 is 0 Å². The molecular formula is C18H31N3O3S. The van der Waals surface area contributed by atoms with Crippen LogP contribution in [-0.4, -0.2) is 55.7 Å². The molecule has 0 aromatic heterocycles. The monoisotopic (exact) mass is 369 g/mol. The fourth-order valence-electron chi connectivity index (χ4n) is 5.30. The van der Waals surface area contributed by atoms with Crippen LogP contribution in [0.1, 0.15) is 64.2 Å². The maximum atomic E-state index is 12.9. The summed E-state index contributed by atoms with van der Waals surface area (Å²) in [5.41, 5.74) is 0. The van der Waals surface area contributed by atoms with Crippen LogP contribution in [-0.2, 0) is 14.8 Å². The lowest BCUT2D eigenvalue weighted by atomic mass is 10.0. The number of fused-ring (bicyclic) bond motifs is 2. The van der Waals surface area contributed by atoms with Crippen molar-refractivity contribution in [1.82, 2.24) is 14.9 Å². The number of amides is 1. The van der Waals surface area contributed by atoms with Gasteiger partial charge in [-0.25, -0.2) is 13.1 Å². The molecule has 1 amide bonds. The second kappa shape index (κ2) is 7.16. The Bertz CT molecular complexity index is 591. The molecule has 0 aromatic carbocycles. The quantitative estimate of drug-likeness (QED) is 0.784. The summed E-state index contributed by atoms with van der Waals surface area (Å²) in [4.78, 5) is 14.5. The molecule has 3 heterocycles. The predicted molar refractivity (Wildman–Crippen MR) is 96.6 cm³/mol. The van der Waals surface area contributed by atoms with Gasteiger partial charge >= 0.3 is 0 Å². The van der Waals surface area contributed by atoms with E-state index < -0.39 is 15.3 Å². The fraction of sp³-hybridized carbons (Fsp3) is 0.944. The van der Waals surface area contributed by atoms with Gasteiger partial charge in [0.15, 0.2) is 0 Å². The van der Waals surface area contributed by atoms with Crippen LogP contribution in [0.3, 0.4) is 0 Å². The van der Waals surface area contributed by atoms with E-state index in [0.717, 1.165) is 64.3 Å². The second-order valence-corrected chi connectivity index (χ2v) is 10.5. The summed E-state index contributed by atoms with van der Waals surface area (Å²) in [7, 11) is -3.36. The normalized spacial score (nSPS) is 36.7. The fourth-order valence-corrected chi connectivity index (χ4v) is 7.01. The number of carbonyl (C=O) groups is 1. The van der Waals surface area contributed by atoms with Crippen molar-refractivity contribution >= 4 is 15.9 Å². The molecule has 1 aliphatic carbocycles. The highest BCUT2D eigenvalue weighted by molar-refractivity contribution is 7.90. The van der Waals surface area contributed by atoms with Gasteiger partial charge in [0.2, 0.25) is 15.9 Å². The van der Waals surface area contributed by atoms with Gasteiger partial charge in [-0.1, -0.05) is 12.8 Å². The number of carbonyl (C=O) groups excluding carboxylic acids is 1. The SMILES string of the molecule is O=C(C1CCCC1)N1CCCC(S(=O)(=O)NC2CC3CCC(C2)N3)C1. The summed E-state index contributed by atoms with van der Waals surface area (Å²) in [6.45, 7) is 1.10. The van der Waals surface area contributed by atoms with Crippen LogP contribution in [0, 0.1) is 5.92 Å². The molecular weight excluding hydrogens is 338 g/mol. The van der Waals surface area contributed by atoms with Crippen LogP contribution in [0.5, 0.6) is 0 Å². The third-order valence-electron chi connectivity index (χ3n) is 6.64. The topological polar surface area (TPSA) is 78.5 Å². The molecule has 4 rings (SSSR count). The third kappa shape index (κ3) is 3.88. The van der Waals surface area contributed by atoms with E-state index in [1.165, 1.54) is 0 Å². The van der Waals surface area contributed by atoms with Gasteiger partial charge in [-0.15, -0.1) is 0 Å². The van der Waals surface area contributed by atoms with Gasteiger partial charge in [0.05, 0.1) is 5.25 Å². The maximum Gasteiger partial charge on any atom is 0.225 e. The van der Waals surface area contributed by atoms with Gasteiger partial charge in [0.1, 0.15) is 0 Å². The Labute approximate surface area is 151 Å². The highest BCUT2D eigenvalue weighted by Gasteiger charge is 2.39. The molecule has 3 aliphatic heterocycles. The summed E-state index contributed by atoms with van der Waals surface area (Å²) in [6, 6.07) is 1.00.